The van der Waals surface area contributed by atoms with Gasteiger partial charge in [0.2, 0.25) is 0 Å². The van der Waals surface area contributed by atoms with Gasteiger partial charge in [0.25, 0.3) is 0 Å². The van der Waals surface area contributed by atoms with Crippen LogP contribution in [0.1, 0.15) is 65.0 Å². The molecule has 0 amide bonds. The van der Waals surface area contributed by atoms with Crippen LogP contribution in [-0.2, 0) is 5.41 Å². The van der Waals surface area contributed by atoms with Crippen LogP contribution in [0.3, 0.4) is 0 Å². The van der Waals surface area contributed by atoms with Gasteiger partial charge in [-0.1, -0.05) is 58.1 Å². The van der Waals surface area contributed by atoms with E-state index in [1.54, 1.807) is 6.33 Å². The fourth-order valence-corrected chi connectivity index (χ4v) is 2.24. The Kier molecular flexibility index (Phi) is 5.90. The second kappa shape index (κ2) is 6.95. The lowest BCUT2D eigenvalue weighted by molar-refractivity contribution is 0.385. The lowest BCUT2D eigenvalue weighted by Gasteiger charge is -2.27. The number of hydrogen-bond acceptors (Lipinski definition) is 2. The van der Waals surface area contributed by atoms with E-state index in [1.165, 1.54) is 32.1 Å². The molecule has 3 heteroatoms. The first kappa shape index (κ1) is 14.4. The molecule has 0 N–H and O–H groups in total. The minimum Gasteiger partial charge on any atom is -0.241 e. The topological polar surface area (TPSA) is 25.8 Å². The lowest BCUT2D eigenvalue weighted by atomic mass is 9.79. The SMILES string of the molecule is CCCCCCC(C)(CC)c1cc(Cl)ncn1. The van der Waals surface area contributed by atoms with E-state index in [0.29, 0.717) is 5.15 Å². The van der Waals surface area contributed by atoms with E-state index < -0.39 is 0 Å². The van der Waals surface area contributed by atoms with Crippen LogP contribution in [-0.4, -0.2) is 9.97 Å². The van der Waals surface area contributed by atoms with E-state index in [1.807, 2.05) is 6.07 Å². The Bertz CT molecular complexity index is 341. The van der Waals surface area contributed by atoms with E-state index in [4.69, 9.17) is 11.6 Å². The number of hydrogen-bond donors (Lipinski definition) is 0. The Labute approximate surface area is 110 Å². The van der Waals surface area contributed by atoms with Gasteiger partial charge < -0.3 is 0 Å². The van der Waals surface area contributed by atoms with Gasteiger partial charge in [0, 0.05) is 5.41 Å². The maximum absolute atomic E-state index is 5.94. The summed E-state index contributed by atoms with van der Waals surface area (Å²) in [6.45, 7) is 6.73. The predicted molar refractivity (Wildman–Crippen MR) is 73.4 cm³/mol. The van der Waals surface area contributed by atoms with Gasteiger partial charge in [-0.25, -0.2) is 9.97 Å². The van der Waals surface area contributed by atoms with Crippen molar-refractivity contribution < 1.29 is 0 Å². The van der Waals surface area contributed by atoms with Gasteiger partial charge in [0.05, 0.1) is 5.69 Å². The van der Waals surface area contributed by atoms with Crippen LogP contribution in [0.2, 0.25) is 5.15 Å². The molecule has 1 unspecified atom stereocenters. The molecule has 0 bridgehead atoms. The monoisotopic (exact) mass is 254 g/mol. The van der Waals surface area contributed by atoms with Crippen LogP contribution in [0.4, 0.5) is 0 Å². The second-order valence-electron chi connectivity index (χ2n) is 4.95. The van der Waals surface area contributed by atoms with Crippen molar-refractivity contribution in [2.75, 3.05) is 0 Å². The van der Waals surface area contributed by atoms with Gasteiger partial charge >= 0.3 is 0 Å². The van der Waals surface area contributed by atoms with Crippen molar-refractivity contribution in [3.63, 3.8) is 0 Å². The molecule has 1 atom stereocenters. The zero-order chi connectivity index (χ0) is 12.7. The van der Waals surface area contributed by atoms with Crippen molar-refractivity contribution in [1.82, 2.24) is 9.97 Å². The minimum absolute atomic E-state index is 0.139. The highest BCUT2D eigenvalue weighted by Crippen LogP contribution is 2.32. The van der Waals surface area contributed by atoms with Crippen LogP contribution < -0.4 is 0 Å². The fraction of sp³-hybridized carbons (Fsp3) is 0.714. The van der Waals surface area contributed by atoms with Gasteiger partial charge in [-0.15, -0.1) is 0 Å². The summed E-state index contributed by atoms with van der Waals surface area (Å²) in [5, 5.41) is 0.545. The van der Waals surface area contributed by atoms with Gasteiger partial charge in [-0.2, -0.15) is 0 Å². The molecule has 2 nitrogen and oxygen atoms in total. The van der Waals surface area contributed by atoms with Gasteiger partial charge in [0.1, 0.15) is 11.5 Å². The van der Waals surface area contributed by atoms with Gasteiger partial charge in [0.15, 0.2) is 0 Å². The molecule has 0 saturated carbocycles. The standard InChI is InChI=1S/C14H23ClN2/c1-4-6-7-8-9-14(3,5-2)12-10-13(15)17-11-16-12/h10-11H,4-9H2,1-3H3. The number of halogens is 1. The zero-order valence-electron chi connectivity index (χ0n) is 11.2. The normalized spacial score (nSPS) is 14.6. The Hall–Kier alpha value is -0.630. The molecule has 0 fully saturated rings. The first-order valence-electron chi connectivity index (χ1n) is 6.60. The molecule has 1 rings (SSSR count). The molecule has 0 aliphatic heterocycles. The molecule has 0 aromatic carbocycles. The summed E-state index contributed by atoms with van der Waals surface area (Å²) in [4.78, 5) is 8.34. The first-order valence-corrected chi connectivity index (χ1v) is 6.98. The van der Waals surface area contributed by atoms with Crippen LogP contribution in [0.25, 0.3) is 0 Å². The Morgan fingerprint density at radius 1 is 1.18 bits per heavy atom. The Morgan fingerprint density at radius 3 is 2.53 bits per heavy atom. The molecule has 0 saturated heterocycles. The summed E-state index contributed by atoms with van der Waals surface area (Å²) >= 11 is 5.94. The largest absolute Gasteiger partial charge is 0.241 e. The number of rotatable bonds is 7. The number of nitrogens with zero attached hydrogens (tertiary/aromatic N) is 2. The van der Waals surface area contributed by atoms with Crippen molar-refractivity contribution in [2.45, 2.75) is 64.7 Å². The molecule has 1 heterocycles. The van der Waals surface area contributed by atoms with E-state index in [-0.39, 0.29) is 5.41 Å². The van der Waals surface area contributed by atoms with Crippen molar-refractivity contribution in [2.24, 2.45) is 0 Å². The van der Waals surface area contributed by atoms with E-state index >= 15 is 0 Å². The maximum atomic E-state index is 5.94. The minimum atomic E-state index is 0.139. The van der Waals surface area contributed by atoms with Gasteiger partial charge in [-0.05, 0) is 18.9 Å². The van der Waals surface area contributed by atoms with E-state index in [0.717, 1.165) is 12.1 Å². The molecule has 0 radical (unpaired) electrons. The Morgan fingerprint density at radius 2 is 1.94 bits per heavy atom. The molecule has 0 spiro atoms. The molecule has 0 aliphatic carbocycles. The van der Waals surface area contributed by atoms with Crippen molar-refractivity contribution >= 4 is 11.6 Å². The summed E-state index contributed by atoms with van der Waals surface area (Å²) < 4.78 is 0. The molecule has 1 aromatic heterocycles. The van der Waals surface area contributed by atoms with E-state index in [2.05, 4.69) is 30.7 Å². The molecule has 0 aliphatic rings. The summed E-state index contributed by atoms with van der Waals surface area (Å²) in [5.41, 5.74) is 1.22. The summed E-state index contributed by atoms with van der Waals surface area (Å²) in [6, 6.07) is 1.91. The first-order chi connectivity index (χ1) is 8.12. The smallest absolute Gasteiger partial charge is 0.132 e. The number of aromatic nitrogens is 2. The third kappa shape index (κ3) is 4.27. The van der Waals surface area contributed by atoms with Crippen molar-refractivity contribution in [3.05, 3.63) is 23.2 Å². The van der Waals surface area contributed by atoms with Gasteiger partial charge in [-0.3, -0.25) is 0 Å². The quantitative estimate of drug-likeness (QED) is 0.518. The van der Waals surface area contributed by atoms with Crippen LogP contribution in [0.15, 0.2) is 12.4 Å². The summed E-state index contributed by atoms with van der Waals surface area (Å²) in [5.74, 6) is 0. The Balaban J connectivity index is 2.67. The van der Waals surface area contributed by atoms with Crippen LogP contribution in [0, 0.1) is 0 Å². The fourth-order valence-electron chi connectivity index (χ4n) is 2.09. The average Bonchev–Trinajstić information content (AvgIpc) is 2.34. The van der Waals surface area contributed by atoms with Crippen LogP contribution >= 0.6 is 11.6 Å². The number of unbranched alkanes of at least 4 members (excludes halogenated alkanes) is 3. The van der Waals surface area contributed by atoms with Crippen LogP contribution in [0.5, 0.6) is 0 Å². The molecular formula is C14H23ClN2. The molecule has 17 heavy (non-hydrogen) atoms. The molecule has 96 valence electrons. The molecular weight excluding hydrogens is 232 g/mol. The van der Waals surface area contributed by atoms with Crippen molar-refractivity contribution in [3.8, 4) is 0 Å². The third-order valence-corrected chi connectivity index (χ3v) is 3.82. The maximum Gasteiger partial charge on any atom is 0.132 e. The highest BCUT2D eigenvalue weighted by Gasteiger charge is 2.25. The highest BCUT2D eigenvalue weighted by atomic mass is 35.5. The van der Waals surface area contributed by atoms with Crippen molar-refractivity contribution in [1.29, 1.82) is 0 Å². The third-order valence-electron chi connectivity index (χ3n) is 3.61. The second-order valence-corrected chi connectivity index (χ2v) is 5.34. The highest BCUT2D eigenvalue weighted by molar-refractivity contribution is 6.29. The lowest BCUT2D eigenvalue weighted by Crippen LogP contribution is -2.22. The zero-order valence-corrected chi connectivity index (χ0v) is 11.9. The van der Waals surface area contributed by atoms with E-state index in [9.17, 15) is 0 Å². The summed E-state index contributed by atoms with van der Waals surface area (Å²) in [6.07, 6.45) is 9.01. The predicted octanol–water partition coefficient (Wildman–Crippen LogP) is 4.77. The average molecular weight is 255 g/mol. The molecule has 1 aromatic rings. The summed E-state index contributed by atoms with van der Waals surface area (Å²) in [7, 11) is 0.